The summed E-state index contributed by atoms with van der Waals surface area (Å²) < 4.78 is 10.7. The first kappa shape index (κ1) is 23.6. The van der Waals surface area contributed by atoms with Gasteiger partial charge in [0.15, 0.2) is 5.96 Å². The third kappa shape index (κ3) is 9.00. The fraction of sp³-hybridized carbons (Fsp3) is 0.316. The largest absolute Gasteiger partial charge is 0.492 e. The minimum atomic E-state index is -0.418. The summed E-state index contributed by atoms with van der Waals surface area (Å²) in [7, 11) is 1.64. The van der Waals surface area contributed by atoms with Crippen LogP contribution in [0.15, 0.2) is 59.6 Å². The van der Waals surface area contributed by atoms with Gasteiger partial charge >= 0.3 is 0 Å². The number of hydrogen-bond donors (Lipinski definition) is 2. The summed E-state index contributed by atoms with van der Waals surface area (Å²) in [6.07, 6.45) is 0. The zero-order chi connectivity index (χ0) is 19.3. The minimum Gasteiger partial charge on any atom is -0.492 e. The van der Waals surface area contributed by atoms with Gasteiger partial charge in [0.2, 0.25) is 0 Å². The van der Waals surface area contributed by atoms with Crippen LogP contribution in [0.25, 0.3) is 0 Å². The van der Waals surface area contributed by atoms with E-state index in [4.69, 9.17) is 9.47 Å². The molecule has 0 fully saturated rings. The minimum absolute atomic E-state index is 0. The molecule has 0 aliphatic carbocycles. The van der Waals surface area contributed by atoms with Gasteiger partial charge in [-0.1, -0.05) is 30.3 Å². The Labute approximate surface area is 181 Å². The van der Waals surface area contributed by atoms with E-state index in [-0.39, 0.29) is 29.7 Å². The molecule has 28 heavy (non-hydrogen) atoms. The molecule has 2 rings (SSSR count). The van der Waals surface area contributed by atoms with Gasteiger partial charge in [0, 0.05) is 25.8 Å². The molecule has 8 nitrogen and oxygen atoms in total. The Bertz CT molecular complexity index is 726. The third-order valence-electron chi connectivity index (χ3n) is 3.57. The quantitative estimate of drug-likeness (QED) is 0.130. The molecule has 0 bridgehead atoms. The molecule has 9 heteroatoms. The topological polar surface area (TPSA) is 98.0 Å². The molecular formula is C19H25IN4O4. The summed E-state index contributed by atoms with van der Waals surface area (Å²) >= 11 is 0. The normalized spacial score (nSPS) is 10.7. The lowest BCUT2D eigenvalue weighted by molar-refractivity contribution is -0.384. The summed E-state index contributed by atoms with van der Waals surface area (Å²) in [4.78, 5) is 14.8. The van der Waals surface area contributed by atoms with Crippen LogP contribution in [0.1, 0.15) is 5.56 Å². The van der Waals surface area contributed by atoms with Crippen molar-refractivity contribution in [2.24, 2.45) is 4.99 Å². The molecule has 0 radical (unpaired) electrons. The van der Waals surface area contributed by atoms with Crippen LogP contribution in [0, 0.1) is 10.1 Å². The number of methoxy groups -OCH3 is 1. The predicted octanol–water partition coefficient (Wildman–Crippen LogP) is 2.97. The van der Waals surface area contributed by atoms with Crippen LogP contribution in [0.2, 0.25) is 0 Å². The summed E-state index contributed by atoms with van der Waals surface area (Å²) in [5, 5.41) is 17.1. The highest BCUT2D eigenvalue weighted by atomic mass is 127. The first-order valence-electron chi connectivity index (χ1n) is 8.61. The molecule has 2 aromatic carbocycles. The maximum Gasteiger partial charge on any atom is 0.269 e. The van der Waals surface area contributed by atoms with Gasteiger partial charge in [-0.3, -0.25) is 10.1 Å². The Morgan fingerprint density at radius 3 is 2.29 bits per heavy atom. The zero-order valence-corrected chi connectivity index (χ0v) is 18.0. The molecule has 0 spiro atoms. The number of nitrogens with zero attached hydrogens (tertiary/aromatic N) is 2. The molecule has 0 aliphatic rings. The molecule has 2 N–H and O–H groups in total. The van der Waals surface area contributed by atoms with Crippen LogP contribution < -0.4 is 15.4 Å². The van der Waals surface area contributed by atoms with Gasteiger partial charge in [-0.25, -0.2) is 4.99 Å². The number of nitro benzene ring substituents is 1. The van der Waals surface area contributed by atoms with Crippen molar-refractivity contribution >= 4 is 35.6 Å². The first-order chi connectivity index (χ1) is 13.2. The van der Waals surface area contributed by atoms with Crippen molar-refractivity contribution in [3.05, 3.63) is 70.3 Å². The average molecular weight is 500 g/mol. The van der Waals surface area contributed by atoms with Gasteiger partial charge in [0.25, 0.3) is 5.69 Å². The number of non-ortho nitro benzene ring substituents is 1. The number of hydrogen-bond acceptors (Lipinski definition) is 5. The maximum atomic E-state index is 10.7. The van der Waals surface area contributed by atoms with Crippen LogP contribution in [-0.2, 0) is 11.3 Å². The summed E-state index contributed by atoms with van der Waals surface area (Å²) in [5.41, 5.74) is 0.950. The van der Waals surface area contributed by atoms with Crippen LogP contribution in [-0.4, -0.2) is 44.3 Å². The Balaban J connectivity index is 0.00000392. The highest BCUT2D eigenvalue weighted by Crippen LogP contribution is 2.12. The number of nitrogens with one attached hydrogen (secondary N) is 2. The maximum absolute atomic E-state index is 10.7. The second-order valence-corrected chi connectivity index (χ2v) is 5.60. The molecule has 0 saturated heterocycles. The van der Waals surface area contributed by atoms with E-state index in [0.29, 0.717) is 38.8 Å². The highest BCUT2D eigenvalue weighted by molar-refractivity contribution is 14.0. The van der Waals surface area contributed by atoms with Crippen LogP contribution in [0.5, 0.6) is 5.75 Å². The monoisotopic (exact) mass is 500 g/mol. The van der Waals surface area contributed by atoms with Crippen molar-refractivity contribution in [3.63, 3.8) is 0 Å². The van der Waals surface area contributed by atoms with E-state index in [1.807, 2.05) is 30.3 Å². The lowest BCUT2D eigenvalue weighted by Gasteiger charge is -2.13. The second kappa shape index (κ2) is 13.7. The van der Waals surface area contributed by atoms with Crippen molar-refractivity contribution < 1.29 is 14.4 Å². The van der Waals surface area contributed by atoms with Crippen LogP contribution >= 0.6 is 24.0 Å². The highest BCUT2D eigenvalue weighted by Gasteiger charge is 2.04. The van der Waals surface area contributed by atoms with Crippen molar-refractivity contribution in [2.75, 3.05) is 33.4 Å². The van der Waals surface area contributed by atoms with Crippen molar-refractivity contribution in [1.29, 1.82) is 0 Å². The lowest BCUT2D eigenvalue weighted by Crippen LogP contribution is -2.40. The van der Waals surface area contributed by atoms with E-state index in [1.54, 1.807) is 19.2 Å². The first-order valence-corrected chi connectivity index (χ1v) is 8.61. The van der Waals surface area contributed by atoms with E-state index in [1.165, 1.54) is 12.1 Å². The lowest BCUT2D eigenvalue weighted by atomic mass is 10.2. The van der Waals surface area contributed by atoms with Crippen LogP contribution in [0.4, 0.5) is 5.69 Å². The zero-order valence-electron chi connectivity index (χ0n) is 15.7. The van der Waals surface area contributed by atoms with Gasteiger partial charge in [-0.2, -0.15) is 0 Å². The fourth-order valence-electron chi connectivity index (χ4n) is 2.19. The number of para-hydroxylation sites is 1. The molecule has 0 saturated carbocycles. The van der Waals surface area contributed by atoms with Gasteiger partial charge in [0.05, 0.1) is 24.6 Å². The molecule has 0 atom stereocenters. The number of halogens is 1. The number of rotatable bonds is 10. The molecule has 0 aliphatic heterocycles. The summed E-state index contributed by atoms with van der Waals surface area (Å²) in [6.45, 7) is 2.64. The standard InChI is InChI=1S/C19H24N4O4.HI/c1-26-13-11-20-19(21-12-14-27-18-5-3-2-4-6-18)22-15-16-7-9-17(10-8-16)23(24)25;/h2-10H,11-15H2,1H3,(H2,20,21,22);1H. The molecule has 2 aromatic rings. The molecule has 0 heterocycles. The van der Waals surface area contributed by atoms with Gasteiger partial charge in [-0.05, 0) is 17.7 Å². The SMILES string of the molecule is COCCNC(=NCc1ccc([N+](=O)[O-])cc1)NCCOc1ccccc1.I. The number of ether oxygens (including phenoxy) is 2. The fourth-order valence-corrected chi connectivity index (χ4v) is 2.19. The summed E-state index contributed by atoms with van der Waals surface area (Å²) in [5.74, 6) is 1.44. The predicted molar refractivity (Wildman–Crippen MR) is 119 cm³/mol. The second-order valence-electron chi connectivity index (χ2n) is 5.60. The van der Waals surface area contributed by atoms with E-state index in [2.05, 4.69) is 15.6 Å². The number of aliphatic imine (C=N–C) groups is 1. The molecule has 152 valence electrons. The molecule has 0 aromatic heterocycles. The van der Waals surface area contributed by atoms with E-state index >= 15 is 0 Å². The number of guanidine groups is 1. The average Bonchev–Trinajstić information content (AvgIpc) is 2.70. The number of nitro groups is 1. The summed E-state index contributed by atoms with van der Waals surface area (Å²) in [6, 6.07) is 15.9. The van der Waals surface area contributed by atoms with Crippen molar-refractivity contribution in [2.45, 2.75) is 6.54 Å². The molecular weight excluding hydrogens is 475 g/mol. The number of benzene rings is 2. The Morgan fingerprint density at radius 1 is 1.04 bits per heavy atom. The smallest absolute Gasteiger partial charge is 0.269 e. The van der Waals surface area contributed by atoms with E-state index in [9.17, 15) is 10.1 Å². The molecule has 0 unspecified atom stereocenters. The van der Waals surface area contributed by atoms with Gasteiger partial charge < -0.3 is 20.1 Å². The van der Waals surface area contributed by atoms with Crippen molar-refractivity contribution in [1.82, 2.24) is 10.6 Å². The Hall–Kier alpha value is -2.40. The Kier molecular flexibility index (Phi) is 11.6. The third-order valence-corrected chi connectivity index (χ3v) is 3.57. The van der Waals surface area contributed by atoms with Crippen molar-refractivity contribution in [3.8, 4) is 5.75 Å². The Morgan fingerprint density at radius 2 is 1.68 bits per heavy atom. The van der Waals surface area contributed by atoms with E-state index < -0.39 is 4.92 Å². The molecule has 0 amide bonds. The van der Waals surface area contributed by atoms with Gasteiger partial charge in [-0.15, -0.1) is 24.0 Å². The van der Waals surface area contributed by atoms with Crippen LogP contribution in [0.3, 0.4) is 0 Å². The van der Waals surface area contributed by atoms with Gasteiger partial charge in [0.1, 0.15) is 12.4 Å². The van der Waals surface area contributed by atoms with E-state index in [0.717, 1.165) is 11.3 Å².